The molecule has 92 valence electrons. The molecule has 0 bridgehead atoms. The Kier molecular flexibility index (Phi) is 3.44. The minimum absolute atomic E-state index is 0.108. The maximum atomic E-state index is 11.9. The van der Waals surface area contributed by atoms with Crippen LogP contribution >= 0.6 is 11.3 Å². The number of carbonyl (C=O) groups is 2. The zero-order valence-electron chi connectivity index (χ0n) is 9.14. The van der Waals surface area contributed by atoms with Gasteiger partial charge in [-0.1, -0.05) is 0 Å². The van der Waals surface area contributed by atoms with Gasteiger partial charge >= 0.3 is 5.97 Å². The van der Waals surface area contributed by atoms with Crippen LogP contribution in [-0.4, -0.2) is 35.7 Å². The Morgan fingerprint density at radius 3 is 2.94 bits per heavy atom. The monoisotopic (exact) mass is 255 g/mol. The van der Waals surface area contributed by atoms with Crippen molar-refractivity contribution in [2.24, 2.45) is 0 Å². The van der Waals surface area contributed by atoms with Crippen molar-refractivity contribution in [2.45, 2.75) is 18.4 Å². The first-order valence-corrected chi connectivity index (χ1v) is 6.20. The highest BCUT2D eigenvalue weighted by Gasteiger charge is 2.38. The maximum Gasteiger partial charge on any atom is 0.305 e. The average molecular weight is 255 g/mol. The number of amides is 1. The topological polar surface area (TPSA) is 75.6 Å². The first kappa shape index (κ1) is 12.1. The van der Waals surface area contributed by atoms with Crippen LogP contribution in [0.25, 0.3) is 0 Å². The molecule has 1 aliphatic rings. The fourth-order valence-corrected chi connectivity index (χ4v) is 2.52. The minimum Gasteiger partial charge on any atom is -0.481 e. The van der Waals surface area contributed by atoms with E-state index >= 15 is 0 Å². The number of carboxylic acids is 1. The van der Waals surface area contributed by atoms with Crippen LogP contribution in [0.1, 0.15) is 23.2 Å². The molecule has 0 spiro atoms. The largest absolute Gasteiger partial charge is 0.481 e. The van der Waals surface area contributed by atoms with Crippen LogP contribution in [0.2, 0.25) is 0 Å². The van der Waals surface area contributed by atoms with Crippen molar-refractivity contribution in [1.82, 2.24) is 5.32 Å². The smallest absolute Gasteiger partial charge is 0.305 e. The van der Waals surface area contributed by atoms with Crippen LogP contribution in [0.15, 0.2) is 16.8 Å². The van der Waals surface area contributed by atoms with Gasteiger partial charge in [-0.3, -0.25) is 9.59 Å². The molecule has 6 heteroatoms. The molecule has 1 saturated heterocycles. The van der Waals surface area contributed by atoms with Crippen LogP contribution in [-0.2, 0) is 9.53 Å². The third-order valence-electron chi connectivity index (χ3n) is 2.75. The molecule has 1 unspecified atom stereocenters. The van der Waals surface area contributed by atoms with Crippen LogP contribution in [0.3, 0.4) is 0 Å². The molecule has 1 fully saturated rings. The molecule has 17 heavy (non-hydrogen) atoms. The number of ether oxygens (including phenoxy) is 1. The Hall–Kier alpha value is -1.40. The number of thiophene rings is 1. The number of hydrogen-bond acceptors (Lipinski definition) is 4. The van der Waals surface area contributed by atoms with E-state index in [1.165, 1.54) is 11.3 Å². The first-order chi connectivity index (χ1) is 8.11. The fourth-order valence-electron chi connectivity index (χ4n) is 1.89. The van der Waals surface area contributed by atoms with Crippen molar-refractivity contribution < 1.29 is 19.4 Å². The average Bonchev–Trinajstić information content (AvgIpc) is 2.86. The molecule has 0 aromatic carbocycles. The van der Waals surface area contributed by atoms with E-state index in [1.54, 1.807) is 11.4 Å². The summed E-state index contributed by atoms with van der Waals surface area (Å²) >= 11 is 1.43. The summed E-state index contributed by atoms with van der Waals surface area (Å²) in [6.07, 6.45) is 0.429. The van der Waals surface area contributed by atoms with Crippen LogP contribution < -0.4 is 5.32 Å². The van der Waals surface area contributed by atoms with Gasteiger partial charge in [0.25, 0.3) is 5.91 Å². The van der Waals surface area contributed by atoms with Crippen molar-refractivity contribution in [2.75, 3.05) is 13.2 Å². The number of rotatable bonds is 4. The van der Waals surface area contributed by atoms with Gasteiger partial charge in [-0.15, -0.1) is 0 Å². The zero-order valence-corrected chi connectivity index (χ0v) is 9.96. The van der Waals surface area contributed by atoms with E-state index in [1.807, 2.05) is 5.38 Å². The second kappa shape index (κ2) is 4.85. The quantitative estimate of drug-likeness (QED) is 0.845. The van der Waals surface area contributed by atoms with Gasteiger partial charge in [-0.25, -0.2) is 0 Å². The van der Waals surface area contributed by atoms with E-state index in [2.05, 4.69) is 5.32 Å². The summed E-state index contributed by atoms with van der Waals surface area (Å²) in [7, 11) is 0. The first-order valence-electron chi connectivity index (χ1n) is 5.26. The lowest BCUT2D eigenvalue weighted by Gasteiger charge is -2.26. The third-order valence-corrected chi connectivity index (χ3v) is 3.44. The van der Waals surface area contributed by atoms with E-state index in [9.17, 15) is 9.59 Å². The highest BCUT2D eigenvalue weighted by Crippen LogP contribution is 2.23. The summed E-state index contributed by atoms with van der Waals surface area (Å²) in [5.41, 5.74) is -0.197. The molecule has 1 amide bonds. The second-order valence-corrected chi connectivity index (χ2v) is 4.90. The highest BCUT2D eigenvalue weighted by molar-refractivity contribution is 7.08. The van der Waals surface area contributed by atoms with Crippen molar-refractivity contribution in [1.29, 1.82) is 0 Å². The van der Waals surface area contributed by atoms with Gasteiger partial charge in [0, 0.05) is 12.0 Å². The molecule has 5 nitrogen and oxygen atoms in total. The molecule has 1 aromatic heterocycles. The standard InChI is InChI=1S/C11H13NO4S/c13-9(14)5-11(2-3-16-7-11)12-10(15)8-1-4-17-6-8/h1,4,6H,2-3,5,7H2,(H,12,15)(H,13,14). The Bertz CT molecular complexity index is 409. The van der Waals surface area contributed by atoms with Gasteiger partial charge in [-0.2, -0.15) is 11.3 Å². The molecule has 0 saturated carbocycles. The summed E-state index contributed by atoms with van der Waals surface area (Å²) in [5, 5.41) is 15.2. The van der Waals surface area contributed by atoms with Crippen LogP contribution in [0, 0.1) is 0 Å². The molecular weight excluding hydrogens is 242 g/mol. The van der Waals surface area contributed by atoms with Gasteiger partial charge in [-0.05, 0) is 17.9 Å². The predicted molar refractivity (Wildman–Crippen MR) is 62.2 cm³/mol. The molecule has 1 aliphatic heterocycles. The van der Waals surface area contributed by atoms with E-state index in [4.69, 9.17) is 9.84 Å². The number of hydrogen-bond donors (Lipinski definition) is 2. The molecule has 0 aliphatic carbocycles. The molecule has 2 N–H and O–H groups in total. The molecule has 1 aromatic rings. The van der Waals surface area contributed by atoms with E-state index in [0.29, 0.717) is 18.6 Å². The maximum absolute atomic E-state index is 11.9. The Morgan fingerprint density at radius 1 is 1.59 bits per heavy atom. The van der Waals surface area contributed by atoms with E-state index < -0.39 is 11.5 Å². The lowest BCUT2D eigenvalue weighted by molar-refractivity contribution is -0.138. The van der Waals surface area contributed by atoms with Crippen molar-refractivity contribution in [3.63, 3.8) is 0 Å². The van der Waals surface area contributed by atoms with E-state index in [-0.39, 0.29) is 18.9 Å². The fraction of sp³-hybridized carbons (Fsp3) is 0.455. The van der Waals surface area contributed by atoms with Gasteiger partial charge in [0.15, 0.2) is 0 Å². The predicted octanol–water partition coefficient (Wildman–Crippen LogP) is 1.11. The minimum atomic E-state index is -0.930. The lowest BCUT2D eigenvalue weighted by Crippen LogP contribution is -2.50. The van der Waals surface area contributed by atoms with Crippen LogP contribution in [0.5, 0.6) is 0 Å². The van der Waals surface area contributed by atoms with Gasteiger partial charge in [0.2, 0.25) is 0 Å². The number of carbonyl (C=O) groups excluding carboxylic acids is 1. The van der Waals surface area contributed by atoms with Gasteiger partial charge in [0.1, 0.15) is 0 Å². The molecule has 2 heterocycles. The molecular formula is C11H13NO4S. The van der Waals surface area contributed by atoms with Gasteiger partial charge in [0.05, 0.1) is 24.1 Å². The lowest BCUT2D eigenvalue weighted by atomic mass is 9.94. The van der Waals surface area contributed by atoms with Crippen molar-refractivity contribution in [3.05, 3.63) is 22.4 Å². The summed E-state index contributed by atoms with van der Waals surface area (Å²) in [6.45, 7) is 0.742. The van der Waals surface area contributed by atoms with Crippen LogP contribution in [0.4, 0.5) is 0 Å². The number of nitrogens with one attached hydrogen (secondary N) is 1. The van der Waals surface area contributed by atoms with Gasteiger partial charge < -0.3 is 15.2 Å². The highest BCUT2D eigenvalue weighted by atomic mass is 32.1. The van der Waals surface area contributed by atoms with Crippen molar-refractivity contribution in [3.8, 4) is 0 Å². The number of carboxylic acid groups (broad SMARTS) is 1. The second-order valence-electron chi connectivity index (χ2n) is 4.12. The number of aliphatic carboxylic acids is 1. The van der Waals surface area contributed by atoms with E-state index in [0.717, 1.165) is 0 Å². The summed E-state index contributed by atoms with van der Waals surface area (Å²) in [5.74, 6) is -1.17. The summed E-state index contributed by atoms with van der Waals surface area (Å²) in [6, 6.07) is 1.71. The Balaban J connectivity index is 2.08. The summed E-state index contributed by atoms with van der Waals surface area (Å²) < 4.78 is 5.20. The normalized spacial score (nSPS) is 23.5. The Morgan fingerprint density at radius 2 is 2.41 bits per heavy atom. The molecule has 0 radical (unpaired) electrons. The zero-order chi connectivity index (χ0) is 12.3. The third kappa shape index (κ3) is 2.83. The SMILES string of the molecule is O=C(O)CC1(NC(=O)c2ccsc2)CCOC1. The molecule has 2 rings (SSSR count). The van der Waals surface area contributed by atoms with Crippen molar-refractivity contribution >= 4 is 23.2 Å². The summed E-state index contributed by atoms with van der Waals surface area (Å²) in [4.78, 5) is 22.7. The Labute approximate surface area is 102 Å². The molecule has 1 atom stereocenters.